The Bertz CT molecular complexity index is 1340. The van der Waals surface area contributed by atoms with Gasteiger partial charge < -0.3 is 14.2 Å². The lowest BCUT2D eigenvalue weighted by Gasteiger charge is -2.12. The van der Waals surface area contributed by atoms with Gasteiger partial charge in [-0.25, -0.2) is 4.98 Å². The summed E-state index contributed by atoms with van der Waals surface area (Å²) in [6.45, 7) is 2.91. The highest BCUT2D eigenvalue weighted by Gasteiger charge is 2.13. The second-order valence-corrected chi connectivity index (χ2v) is 9.12. The van der Waals surface area contributed by atoms with Crippen LogP contribution in [-0.4, -0.2) is 58.2 Å². The average Bonchev–Trinajstić information content (AvgIpc) is 3.27. The zero-order valence-electron chi connectivity index (χ0n) is 19.2. The van der Waals surface area contributed by atoms with Crippen LogP contribution >= 0.6 is 27.5 Å². The lowest BCUT2D eigenvalue weighted by atomic mass is 10.0. The summed E-state index contributed by atoms with van der Waals surface area (Å²) in [7, 11) is 3.91. The summed E-state index contributed by atoms with van der Waals surface area (Å²) >= 11 is 9.88. The molecule has 0 saturated carbocycles. The lowest BCUT2D eigenvalue weighted by molar-refractivity contribution is 0.102. The van der Waals surface area contributed by atoms with Crippen molar-refractivity contribution in [1.29, 1.82) is 0 Å². The van der Waals surface area contributed by atoms with E-state index in [1.54, 1.807) is 25.1 Å². The molecule has 0 atom stereocenters. The molecule has 0 aliphatic carbocycles. The monoisotopic (exact) mass is 556 g/mol. The number of halogens is 2. The number of carbonyl (C=O) groups excluding carboxylic acids is 1. The standard InChI is InChI=1S/C24H22BrClN6O3/c1-14-28-21(31-35-14)17-8-9-18(20(26)12-17)15-4-6-16(7-5-15)22(33)29-24-27-13-19(25)23(30-24)34-11-10-32(2)3/h4-9,12-13H,10-11H2,1-3H3,(H,27,29,30,33). The predicted octanol–water partition coefficient (Wildman–Crippen LogP) is 5.11. The first-order valence-electron chi connectivity index (χ1n) is 10.6. The number of nitrogens with zero attached hydrogens (tertiary/aromatic N) is 5. The van der Waals surface area contributed by atoms with Crippen LogP contribution in [0.2, 0.25) is 5.02 Å². The molecule has 35 heavy (non-hydrogen) atoms. The Morgan fingerprint density at radius 3 is 2.54 bits per heavy atom. The smallest absolute Gasteiger partial charge is 0.258 e. The van der Waals surface area contributed by atoms with Crippen molar-refractivity contribution in [3.05, 3.63) is 69.6 Å². The van der Waals surface area contributed by atoms with Crippen molar-refractivity contribution in [3.8, 4) is 28.4 Å². The molecule has 0 saturated heterocycles. The maximum Gasteiger partial charge on any atom is 0.258 e. The molecule has 2 heterocycles. The topological polar surface area (TPSA) is 106 Å². The first-order valence-corrected chi connectivity index (χ1v) is 11.8. The largest absolute Gasteiger partial charge is 0.475 e. The highest BCUT2D eigenvalue weighted by molar-refractivity contribution is 9.10. The summed E-state index contributed by atoms with van der Waals surface area (Å²) in [6.07, 6.45) is 1.54. The molecule has 0 unspecified atom stereocenters. The van der Waals surface area contributed by atoms with Gasteiger partial charge in [-0.05, 0) is 53.8 Å². The Hall–Kier alpha value is -3.34. The summed E-state index contributed by atoms with van der Waals surface area (Å²) in [4.78, 5) is 27.4. The Balaban J connectivity index is 1.45. The predicted molar refractivity (Wildman–Crippen MR) is 137 cm³/mol. The molecule has 1 N–H and O–H groups in total. The van der Waals surface area contributed by atoms with Crippen LogP contribution in [0.25, 0.3) is 22.5 Å². The third kappa shape index (κ3) is 6.21. The van der Waals surface area contributed by atoms with Gasteiger partial charge in [-0.15, -0.1) is 0 Å². The van der Waals surface area contributed by atoms with Gasteiger partial charge in [0.1, 0.15) is 6.61 Å². The SMILES string of the molecule is Cc1nc(-c2ccc(-c3ccc(C(=O)Nc4ncc(Br)c(OCCN(C)C)n4)cc3)c(Cl)c2)no1. The van der Waals surface area contributed by atoms with Crippen molar-refractivity contribution in [3.63, 3.8) is 0 Å². The van der Waals surface area contributed by atoms with E-state index in [4.69, 9.17) is 20.9 Å². The van der Waals surface area contributed by atoms with Crippen LogP contribution < -0.4 is 10.1 Å². The van der Waals surface area contributed by atoms with E-state index >= 15 is 0 Å². The lowest BCUT2D eigenvalue weighted by Crippen LogP contribution is -2.20. The summed E-state index contributed by atoms with van der Waals surface area (Å²) in [5, 5.41) is 7.15. The molecule has 0 radical (unpaired) electrons. The Morgan fingerprint density at radius 1 is 1.14 bits per heavy atom. The van der Waals surface area contributed by atoms with E-state index in [1.165, 1.54) is 6.20 Å². The molecule has 11 heteroatoms. The molecular weight excluding hydrogens is 536 g/mol. The van der Waals surface area contributed by atoms with E-state index in [1.807, 2.05) is 43.3 Å². The quantitative estimate of drug-likeness (QED) is 0.319. The number of amides is 1. The maximum atomic E-state index is 12.7. The van der Waals surface area contributed by atoms with E-state index in [0.717, 1.165) is 23.2 Å². The van der Waals surface area contributed by atoms with Gasteiger partial charge >= 0.3 is 0 Å². The maximum absolute atomic E-state index is 12.7. The average molecular weight is 558 g/mol. The molecule has 4 rings (SSSR count). The van der Waals surface area contributed by atoms with Gasteiger partial charge in [-0.2, -0.15) is 9.97 Å². The second-order valence-electron chi connectivity index (χ2n) is 7.86. The number of anilines is 1. The van der Waals surface area contributed by atoms with Gasteiger partial charge in [-0.3, -0.25) is 10.1 Å². The molecule has 1 amide bonds. The molecule has 0 bridgehead atoms. The van der Waals surface area contributed by atoms with Crippen molar-refractivity contribution in [2.24, 2.45) is 0 Å². The number of rotatable bonds is 8. The van der Waals surface area contributed by atoms with E-state index in [2.05, 4.69) is 41.4 Å². The summed E-state index contributed by atoms with van der Waals surface area (Å²) in [5.74, 6) is 1.13. The molecule has 0 aliphatic heterocycles. The third-order valence-corrected chi connectivity index (χ3v) is 5.78. The Kier molecular flexibility index (Phi) is 7.74. The number of benzene rings is 2. The number of nitrogens with one attached hydrogen (secondary N) is 1. The Morgan fingerprint density at radius 2 is 1.89 bits per heavy atom. The summed E-state index contributed by atoms with van der Waals surface area (Å²) in [6, 6.07) is 12.6. The first kappa shape index (κ1) is 24.8. The molecule has 9 nitrogen and oxygen atoms in total. The third-order valence-electron chi connectivity index (χ3n) is 4.93. The second kappa shape index (κ2) is 10.9. The molecule has 0 aliphatic rings. The van der Waals surface area contributed by atoms with Gasteiger partial charge in [-0.1, -0.05) is 41.0 Å². The van der Waals surface area contributed by atoms with Crippen molar-refractivity contribution >= 4 is 39.4 Å². The van der Waals surface area contributed by atoms with Crippen LogP contribution in [0.5, 0.6) is 5.88 Å². The molecule has 2 aromatic carbocycles. The van der Waals surface area contributed by atoms with Crippen molar-refractivity contribution in [1.82, 2.24) is 25.0 Å². The molecule has 180 valence electrons. The Labute approximate surface area is 215 Å². The molecular formula is C24H22BrClN6O3. The highest BCUT2D eigenvalue weighted by atomic mass is 79.9. The van der Waals surface area contributed by atoms with Crippen molar-refractivity contribution < 1.29 is 14.1 Å². The highest BCUT2D eigenvalue weighted by Crippen LogP contribution is 2.32. The van der Waals surface area contributed by atoms with Gasteiger partial charge in [0.2, 0.25) is 23.5 Å². The zero-order valence-corrected chi connectivity index (χ0v) is 21.6. The minimum Gasteiger partial charge on any atom is -0.475 e. The number of aryl methyl sites for hydroxylation is 1. The van der Waals surface area contributed by atoms with E-state index in [9.17, 15) is 4.79 Å². The number of hydrogen-bond donors (Lipinski definition) is 1. The number of aromatic nitrogens is 4. The molecule has 2 aromatic heterocycles. The van der Waals surface area contributed by atoms with Crippen LogP contribution in [-0.2, 0) is 0 Å². The number of ether oxygens (including phenoxy) is 1. The van der Waals surface area contributed by atoms with Crippen LogP contribution in [0.15, 0.2) is 57.7 Å². The number of likely N-dealkylation sites (N-methyl/N-ethyl adjacent to an activating group) is 1. The molecule has 4 aromatic rings. The fourth-order valence-electron chi connectivity index (χ4n) is 3.12. The van der Waals surface area contributed by atoms with Gasteiger partial charge in [0.05, 0.1) is 10.7 Å². The summed E-state index contributed by atoms with van der Waals surface area (Å²) < 4.78 is 11.3. The van der Waals surface area contributed by atoms with E-state index in [0.29, 0.717) is 39.3 Å². The van der Waals surface area contributed by atoms with Gasteiger partial charge in [0.15, 0.2) is 0 Å². The summed E-state index contributed by atoms with van der Waals surface area (Å²) in [5.41, 5.74) is 2.88. The first-order chi connectivity index (χ1) is 16.8. The fraction of sp³-hybridized carbons (Fsp3) is 0.208. The van der Waals surface area contributed by atoms with Crippen molar-refractivity contribution in [2.45, 2.75) is 6.92 Å². The number of hydrogen-bond acceptors (Lipinski definition) is 8. The van der Waals surface area contributed by atoms with Crippen molar-refractivity contribution in [2.75, 3.05) is 32.6 Å². The van der Waals surface area contributed by atoms with E-state index < -0.39 is 0 Å². The fourth-order valence-corrected chi connectivity index (χ4v) is 3.71. The van der Waals surface area contributed by atoms with Crippen LogP contribution in [0.4, 0.5) is 5.95 Å². The van der Waals surface area contributed by atoms with Crippen LogP contribution in [0.3, 0.4) is 0 Å². The normalized spacial score (nSPS) is 11.0. The minimum atomic E-state index is -0.341. The molecule has 0 spiro atoms. The molecule has 0 fully saturated rings. The van der Waals surface area contributed by atoms with Crippen LogP contribution in [0.1, 0.15) is 16.2 Å². The van der Waals surface area contributed by atoms with E-state index in [-0.39, 0.29) is 11.9 Å². The minimum absolute atomic E-state index is 0.150. The van der Waals surface area contributed by atoms with Gasteiger partial charge in [0.25, 0.3) is 5.91 Å². The zero-order chi connectivity index (χ0) is 24.9. The van der Waals surface area contributed by atoms with Crippen LogP contribution in [0, 0.1) is 6.92 Å². The van der Waals surface area contributed by atoms with Gasteiger partial charge in [0, 0.05) is 35.2 Å². The number of carbonyl (C=O) groups is 1.